The second-order valence-electron chi connectivity index (χ2n) is 1.90. The van der Waals surface area contributed by atoms with Crippen LogP contribution in [0.2, 0.25) is 0 Å². The van der Waals surface area contributed by atoms with Gasteiger partial charge in [-0.15, -0.1) is 0 Å². The lowest BCUT2D eigenvalue weighted by molar-refractivity contribution is 0.372. The summed E-state index contributed by atoms with van der Waals surface area (Å²) in [7, 11) is 0.761. The highest BCUT2D eigenvalue weighted by Gasteiger charge is 1.86. The normalized spacial score (nSPS) is 11.4. The van der Waals surface area contributed by atoms with Crippen molar-refractivity contribution >= 4 is 17.3 Å². The van der Waals surface area contributed by atoms with Crippen LogP contribution in [0.15, 0.2) is 34.8 Å². The number of nitrogens with zero attached hydrogens (tertiary/aromatic N) is 1. The fourth-order valence-electron chi connectivity index (χ4n) is 0.609. The third-order valence-electron chi connectivity index (χ3n) is 1.07. The molecule has 1 rings (SSSR count). The third-order valence-corrected chi connectivity index (χ3v) is 2.40. The van der Waals surface area contributed by atoms with Crippen LogP contribution in [0.5, 0.6) is 5.75 Å². The van der Waals surface area contributed by atoms with E-state index in [9.17, 15) is 0 Å². The maximum absolute atomic E-state index is 8.42. The zero-order valence-electron chi connectivity index (χ0n) is 6.34. The molecule has 0 bridgehead atoms. The summed E-state index contributed by atoms with van der Waals surface area (Å²) in [5, 5.41) is 8.42. The van der Waals surface area contributed by atoms with Gasteiger partial charge in [0.05, 0.1) is 6.35 Å². The van der Waals surface area contributed by atoms with E-state index >= 15 is 0 Å². The molecule has 0 saturated heterocycles. The molecule has 1 aromatic rings. The number of benzene rings is 1. The van der Waals surface area contributed by atoms with Crippen LogP contribution >= 0.6 is 17.3 Å². The molecule has 0 aliphatic rings. The van der Waals surface area contributed by atoms with Gasteiger partial charge in [0.25, 0.3) is 0 Å². The number of rotatable bonds is 4. The predicted octanol–water partition coefficient (Wildman–Crippen LogP) is 2.65. The lowest BCUT2D eigenvalue weighted by Crippen LogP contribution is -1.71. The second-order valence-corrected chi connectivity index (χ2v) is 3.68. The summed E-state index contributed by atoms with van der Waals surface area (Å²) in [6, 6.07) is 9.46. The molecule has 0 aliphatic carbocycles. The van der Waals surface area contributed by atoms with Gasteiger partial charge in [-0.05, 0) is 12.1 Å². The van der Waals surface area contributed by atoms with E-state index in [0.29, 0.717) is 8.60 Å². The van der Waals surface area contributed by atoms with Gasteiger partial charge in [-0.3, -0.25) is 0 Å². The van der Waals surface area contributed by atoms with Gasteiger partial charge in [0, 0.05) is 8.73 Å². The smallest absolute Gasteiger partial charge is 0.245 e. The van der Waals surface area contributed by atoms with Crippen LogP contribution in [0.4, 0.5) is 0 Å². The summed E-state index contributed by atoms with van der Waals surface area (Å²) in [4.78, 5) is 0. The lowest BCUT2D eigenvalue weighted by Gasteiger charge is -1.94. The van der Waals surface area contributed by atoms with Crippen LogP contribution < -0.4 is 4.52 Å². The Bertz CT molecular complexity index is 240. The van der Waals surface area contributed by atoms with E-state index in [4.69, 9.17) is 9.63 Å². The molecule has 0 fully saturated rings. The minimum absolute atomic E-state index is 0.102. The van der Waals surface area contributed by atoms with Gasteiger partial charge in [0.15, 0.2) is 0 Å². The van der Waals surface area contributed by atoms with Crippen LogP contribution in [0, 0.1) is 0 Å². The van der Waals surface area contributed by atoms with Gasteiger partial charge in [-0.2, -0.15) is 0 Å². The van der Waals surface area contributed by atoms with E-state index in [1.807, 2.05) is 30.3 Å². The molecule has 0 aromatic heterocycles. The molecule has 5 heteroatoms. The van der Waals surface area contributed by atoms with E-state index < -0.39 is 0 Å². The summed E-state index contributed by atoms with van der Waals surface area (Å²) in [5.74, 6) is 0.797. The minimum atomic E-state index is 0.102. The SMILES string of the molecule is OCPN=POc1ccccc1. The van der Waals surface area contributed by atoms with E-state index in [-0.39, 0.29) is 15.1 Å². The molecule has 0 spiro atoms. The molecule has 1 atom stereocenters. The zero-order valence-corrected chi connectivity index (χ0v) is 8.24. The van der Waals surface area contributed by atoms with Crippen LogP contribution in [-0.2, 0) is 0 Å². The van der Waals surface area contributed by atoms with E-state index in [2.05, 4.69) is 4.52 Å². The molecule has 0 saturated carbocycles. The van der Waals surface area contributed by atoms with Gasteiger partial charge in [0.1, 0.15) is 5.75 Å². The van der Waals surface area contributed by atoms with Crippen LogP contribution in [-0.4, -0.2) is 11.5 Å². The van der Waals surface area contributed by atoms with Crippen molar-refractivity contribution in [1.82, 2.24) is 0 Å². The average Bonchev–Trinajstić information content (AvgIpc) is 2.14. The number of hydrogen-bond donors (Lipinski definition) is 1. The van der Waals surface area contributed by atoms with Gasteiger partial charge < -0.3 is 9.63 Å². The Kier molecular flexibility index (Phi) is 4.86. The Balaban J connectivity index is 2.33. The monoisotopic (exact) mass is 201 g/mol. The van der Waals surface area contributed by atoms with Crippen molar-refractivity contribution in [3.63, 3.8) is 0 Å². The van der Waals surface area contributed by atoms with Crippen molar-refractivity contribution in [2.24, 2.45) is 4.52 Å². The fourth-order valence-corrected chi connectivity index (χ4v) is 1.47. The summed E-state index contributed by atoms with van der Waals surface area (Å²) in [6.45, 7) is 0. The molecule has 12 heavy (non-hydrogen) atoms. The number of para-hydroxylation sites is 1. The molecule has 64 valence electrons. The van der Waals surface area contributed by atoms with Crippen molar-refractivity contribution < 1.29 is 9.63 Å². The van der Waals surface area contributed by atoms with E-state index in [0.717, 1.165) is 5.75 Å². The van der Waals surface area contributed by atoms with Crippen LogP contribution in [0.3, 0.4) is 0 Å². The molecule has 1 unspecified atom stereocenters. The second kappa shape index (κ2) is 6.07. The van der Waals surface area contributed by atoms with Crippen molar-refractivity contribution in [3.05, 3.63) is 30.3 Å². The highest BCUT2D eigenvalue weighted by atomic mass is 31.1. The quantitative estimate of drug-likeness (QED) is 0.760. The number of aliphatic hydroxyl groups excluding tert-OH is 1. The molecule has 0 aliphatic heterocycles. The highest BCUT2D eigenvalue weighted by Crippen LogP contribution is 2.21. The van der Waals surface area contributed by atoms with Crippen LogP contribution in [0.25, 0.3) is 0 Å². The fraction of sp³-hybridized carbons (Fsp3) is 0.143. The van der Waals surface area contributed by atoms with Crippen molar-refractivity contribution in [3.8, 4) is 5.75 Å². The molecule has 0 amide bonds. The Morgan fingerprint density at radius 2 is 2.17 bits per heavy atom. The molecule has 1 aromatic carbocycles. The first-order valence-electron chi connectivity index (χ1n) is 3.39. The van der Waals surface area contributed by atoms with Gasteiger partial charge in [-0.25, -0.2) is 4.52 Å². The van der Waals surface area contributed by atoms with Crippen LogP contribution in [0.1, 0.15) is 0 Å². The first-order chi connectivity index (χ1) is 5.93. The lowest BCUT2D eigenvalue weighted by atomic mass is 10.3. The Morgan fingerprint density at radius 1 is 1.42 bits per heavy atom. The molecular formula is C7H9NO2P2. The molecule has 3 nitrogen and oxygen atoms in total. The Labute approximate surface area is 74.6 Å². The molecule has 0 heterocycles. The number of hydrogen-bond acceptors (Lipinski definition) is 3. The van der Waals surface area contributed by atoms with E-state index in [1.165, 1.54) is 0 Å². The highest BCUT2D eigenvalue weighted by molar-refractivity contribution is 7.43. The summed E-state index contributed by atoms with van der Waals surface area (Å²) in [5.41, 5.74) is 0. The maximum Gasteiger partial charge on any atom is 0.245 e. The molecule has 0 radical (unpaired) electrons. The average molecular weight is 201 g/mol. The standard InChI is InChI=1S/C7H9NO2P2/c9-6-11-8-12-10-7-4-2-1-3-5-7/h1-5,9,11H,6H2. The van der Waals surface area contributed by atoms with Crippen molar-refractivity contribution in [2.75, 3.05) is 6.35 Å². The van der Waals surface area contributed by atoms with Gasteiger partial charge >= 0.3 is 0 Å². The first-order valence-corrected chi connectivity index (χ1v) is 5.31. The Morgan fingerprint density at radius 3 is 2.83 bits per heavy atom. The van der Waals surface area contributed by atoms with E-state index in [1.54, 1.807) is 0 Å². The molecular weight excluding hydrogens is 192 g/mol. The van der Waals surface area contributed by atoms with Crippen molar-refractivity contribution in [2.45, 2.75) is 0 Å². The van der Waals surface area contributed by atoms with Crippen molar-refractivity contribution in [1.29, 1.82) is 0 Å². The predicted molar refractivity (Wildman–Crippen MR) is 51.8 cm³/mol. The van der Waals surface area contributed by atoms with Gasteiger partial charge in [0.2, 0.25) is 8.60 Å². The molecule has 1 N–H and O–H groups in total. The summed E-state index contributed by atoms with van der Waals surface area (Å²) in [6.07, 6.45) is 0.102. The summed E-state index contributed by atoms with van der Waals surface area (Å²) >= 11 is 0. The Hall–Kier alpha value is -0.490. The minimum Gasteiger partial charge on any atom is -0.423 e. The number of aliphatic hydroxyl groups is 1. The maximum atomic E-state index is 8.42. The third kappa shape index (κ3) is 3.77. The summed E-state index contributed by atoms with van der Waals surface area (Å²) < 4.78 is 9.12. The zero-order chi connectivity index (χ0) is 8.65. The largest absolute Gasteiger partial charge is 0.423 e. The topological polar surface area (TPSA) is 41.8 Å². The van der Waals surface area contributed by atoms with Gasteiger partial charge in [-0.1, -0.05) is 18.2 Å². The first kappa shape index (κ1) is 9.60.